The molecule has 1 aromatic carbocycles. The van der Waals surface area contributed by atoms with Gasteiger partial charge in [0.2, 0.25) is 5.78 Å². The molecule has 0 fully saturated rings. The van der Waals surface area contributed by atoms with Crippen molar-refractivity contribution in [2.75, 3.05) is 21.3 Å². The fraction of sp³-hybridized carbons (Fsp3) is 0.200. The van der Waals surface area contributed by atoms with E-state index in [2.05, 4.69) is 9.72 Å². The Bertz CT molecular complexity index is 674. The van der Waals surface area contributed by atoms with Crippen molar-refractivity contribution in [3.63, 3.8) is 0 Å². The van der Waals surface area contributed by atoms with Crippen LogP contribution >= 0.6 is 0 Å². The minimum absolute atomic E-state index is 0.258. The van der Waals surface area contributed by atoms with Crippen LogP contribution in [0.15, 0.2) is 30.5 Å². The molecule has 2 aromatic rings. The maximum atomic E-state index is 12.4. The molecule has 0 saturated carbocycles. The highest BCUT2D eigenvalue weighted by molar-refractivity contribution is 6.09. The number of ether oxygens (including phenoxy) is 3. The number of aromatic amines is 1. The number of carbonyl (C=O) groups excluding carboxylic acids is 2. The molecule has 0 aliphatic heterocycles. The van der Waals surface area contributed by atoms with Crippen molar-refractivity contribution in [2.45, 2.75) is 0 Å². The lowest BCUT2D eigenvalue weighted by Crippen LogP contribution is -2.03. The molecule has 0 aliphatic rings. The zero-order valence-electron chi connectivity index (χ0n) is 11.9. The van der Waals surface area contributed by atoms with E-state index in [4.69, 9.17) is 9.47 Å². The predicted octanol–water partition coefficient (Wildman–Crippen LogP) is 2.05. The van der Waals surface area contributed by atoms with E-state index in [9.17, 15) is 9.59 Å². The molecule has 1 N–H and O–H groups in total. The zero-order chi connectivity index (χ0) is 15.4. The number of carbonyl (C=O) groups is 2. The maximum Gasteiger partial charge on any atom is 0.339 e. The quantitative estimate of drug-likeness (QED) is 0.673. The number of hydrogen-bond acceptors (Lipinski definition) is 5. The Kier molecular flexibility index (Phi) is 4.27. The predicted molar refractivity (Wildman–Crippen MR) is 75.1 cm³/mol. The first kappa shape index (κ1) is 14.6. The van der Waals surface area contributed by atoms with E-state index in [-0.39, 0.29) is 5.78 Å². The highest BCUT2D eigenvalue weighted by atomic mass is 16.5. The van der Waals surface area contributed by atoms with Crippen molar-refractivity contribution in [1.29, 1.82) is 0 Å². The Morgan fingerprint density at radius 2 is 1.67 bits per heavy atom. The summed E-state index contributed by atoms with van der Waals surface area (Å²) in [6, 6.07) is 6.31. The molecule has 1 heterocycles. The second-order valence-corrected chi connectivity index (χ2v) is 4.19. The Morgan fingerprint density at radius 1 is 0.952 bits per heavy atom. The third kappa shape index (κ3) is 2.89. The van der Waals surface area contributed by atoms with Gasteiger partial charge in [-0.2, -0.15) is 0 Å². The summed E-state index contributed by atoms with van der Waals surface area (Å²) in [7, 11) is 4.30. The highest BCUT2D eigenvalue weighted by Gasteiger charge is 2.16. The SMILES string of the molecule is COC(=O)c1c[nH]c(C(=O)c2ccc(OC)c(OC)c2)c1. The molecule has 0 saturated heterocycles. The summed E-state index contributed by atoms with van der Waals surface area (Å²) in [5.41, 5.74) is 1.01. The third-order valence-corrected chi connectivity index (χ3v) is 2.99. The summed E-state index contributed by atoms with van der Waals surface area (Å²) < 4.78 is 14.9. The number of nitrogens with one attached hydrogen (secondary N) is 1. The molecule has 6 nitrogen and oxygen atoms in total. The Hall–Kier alpha value is -2.76. The largest absolute Gasteiger partial charge is 0.493 e. The summed E-state index contributed by atoms with van der Waals surface area (Å²) >= 11 is 0. The molecule has 110 valence electrons. The number of hydrogen-bond donors (Lipinski definition) is 1. The van der Waals surface area contributed by atoms with Gasteiger partial charge in [0.1, 0.15) is 0 Å². The summed E-state index contributed by atoms with van der Waals surface area (Å²) in [5, 5.41) is 0. The van der Waals surface area contributed by atoms with Gasteiger partial charge in [0.05, 0.1) is 32.6 Å². The number of benzene rings is 1. The lowest BCUT2D eigenvalue weighted by molar-refractivity contribution is 0.0601. The summed E-state index contributed by atoms with van der Waals surface area (Å²) in [5.74, 6) is 0.239. The number of methoxy groups -OCH3 is 3. The topological polar surface area (TPSA) is 77.6 Å². The molecule has 0 atom stereocenters. The van der Waals surface area contributed by atoms with Gasteiger partial charge < -0.3 is 19.2 Å². The van der Waals surface area contributed by atoms with E-state index in [0.29, 0.717) is 28.3 Å². The van der Waals surface area contributed by atoms with E-state index in [1.165, 1.54) is 33.6 Å². The lowest BCUT2D eigenvalue weighted by Gasteiger charge is -2.08. The minimum Gasteiger partial charge on any atom is -0.493 e. The smallest absolute Gasteiger partial charge is 0.339 e. The van der Waals surface area contributed by atoms with Crippen LogP contribution in [-0.2, 0) is 4.74 Å². The van der Waals surface area contributed by atoms with Gasteiger partial charge in [0, 0.05) is 11.8 Å². The number of rotatable bonds is 5. The summed E-state index contributed by atoms with van der Waals surface area (Å²) in [6.07, 6.45) is 1.43. The van der Waals surface area contributed by atoms with Crippen LogP contribution in [-0.4, -0.2) is 38.1 Å². The molecule has 6 heteroatoms. The van der Waals surface area contributed by atoms with E-state index in [1.807, 2.05) is 0 Å². The van der Waals surface area contributed by atoms with Gasteiger partial charge in [0.25, 0.3) is 0 Å². The number of H-pyrrole nitrogens is 1. The molecular weight excluding hydrogens is 274 g/mol. The molecule has 0 unspecified atom stereocenters. The Morgan fingerprint density at radius 3 is 2.29 bits per heavy atom. The molecule has 0 radical (unpaired) electrons. The average Bonchev–Trinajstić information content (AvgIpc) is 3.02. The third-order valence-electron chi connectivity index (χ3n) is 2.99. The van der Waals surface area contributed by atoms with Crippen LogP contribution in [0.4, 0.5) is 0 Å². The average molecular weight is 289 g/mol. The van der Waals surface area contributed by atoms with Gasteiger partial charge in [0.15, 0.2) is 11.5 Å². The van der Waals surface area contributed by atoms with Crippen molar-refractivity contribution in [3.05, 3.63) is 47.3 Å². The van der Waals surface area contributed by atoms with E-state index >= 15 is 0 Å². The van der Waals surface area contributed by atoms with Gasteiger partial charge in [-0.25, -0.2) is 4.79 Å². The Labute approximate surface area is 121 Å². The monoisotopic (exact) mass is 289 g/mol. The van der Waals surface area contributed by atoms with Crippen LogP contribution in [0.1, 0.15) is 26.4 Å². The van der Waals surface area contributed by atoms with Gasteiger partial charge in [-0.15, -0.1) is 0 Å². The fourth-order valence-electron chi connectivity index (χ4n) is 1.89. The number of ketones is 1. The number of esters is 1. The van der Waals surface area contributed by atoms with Crippen molar-refractivity contribution in [1.82, 2.24) is 4.98 Å². The molecule has 0 spiro atoms. The van der Waals surface area contributed by atoms with Crippen LogP contribution in [0.2, 0.25) is 0 Å². The molecule has 0 aliphatic carbocycles. The van der Waals surface area contributed by atoms with Gasteiger partial charge in [-0.3, -0.25) is 4.79 Å². The van der Waals surface area contributed by atoms with E-state index in [1.54, 1.807) is 18.2 Å². The van der Waals surface area contributed by atoms with Crippen LogP contribution < -0.4 is 9.47 Å². The van der Waals surface area contributed by atoms with E-state index < -0.39 is 5.97 Å². The van der Waals surface area contributed by atoms with Gasteiger partial charge in [-0.1, -0.05) is 0 Å². The normalized spacial score (nSPS) is 10.0. The highest BCUT2D eigenvalue weighted by Crippen LogP contribution is 2.28. The molecule has 2 rings (SSSR count). The minimum atomic E-state index is -0.502. The summed E-state index contributed by atoms with van der Waals surface area (Å²) in [6.45, 7) is 0. The standard InChI is InChI=1S/C15H15NO5/c1-19-12-5-4-9(7-13(12)20-2)14(17)11-6-10(8-16-11)15(18)21-3/h4-8,16H,1-3H3. The van der Waals surface area contributed by atoms with Crippen LogP contribution in [0.3, 0.4) is 0 Å². The van der Waals surface area contributed by atoms with Crippen LogP contribution in [0.25, 0.3) is 0 Å². The first-order valence-corrected chi connectivity index (χ1v) is 6.14. The number of aromatic nitrogens is 1. The molecule has 1 aromatic heterocycles. The van der Waals surface area contributed by atoms with Gasteiger partial charge >= 0.3 is 5.97 Å². The van der Waals surface area contributed by atoms with Crippen molar-refractivity contribution in [2.24, 2.45) is 0 Å². The second-order valence-electron chi connectivity index (χ2n) is 4.19. The molecular formula is C15H15NO5. The van der Waals surface area contributed by atoms with Crippen molar-refractivity contribution >= 4 is 11.8 Å². The lowest BCUT2D eigenvalue weighted by atomic mass is 10.1. The van der Waals surface area contributed by atoms with Crippen molar-refractivity contribution in [3.8, 4) is 11.5 Å². The molecule has 0 bridgehead atoms. The van der Waals surface area contributed by atoms with Gasteiger partial charge in [-0.05, 0) is 24.3 Å². The summed E-state index contributed by atoms with van der Waals surface area (Å²) in [4.78, 5) is 26.5. The molecule has 0 amide bonds. The fourth-order valence-corrected chi connectivity index (χ4v) is 1.89. The van der Waals surface area contributed by atoms with Crippen LogP contribution in [0, 0.1) is 0 Å². The Balaban J connectivity index is 2.31. The second kappa shape index (κ2) is 6.13. The van der Waals surface area contributed by atoms with Crippen molar-refractivity contribution < 1.29 is 23.8 Å². The first-order chi connectivity index (χ1) is 10.1. The van der Waals surface area contributed by atoms with Crippen LogP contribution in [0.5, 0.6) is 11.5 Å². The van der Waals surface area contributed by atoms with E-state index in [0.717, 1.165) is 0 Å². The molecule has 21 heavy (non-hydrogen) atoms. The zero-order valence-corrected chi connectivity index (χ0v) is 11.9. The first-order valence-electron chi connectivity index (χ1n) is 6.14. The maximum absolute atomic E-state index is 12.4.